The van der Waals surface area contributed by atoms with Gasteiger partial charge in [0.2, 0.25) is 11.9 Å². The van der Waals surface area contributed by atoms with Gasteiger partial charge < -0.3 is 16.0 Å². The zero-order valence-electron chi connectivity index (χ0n) is 21.7. The number of aliphatic imine (C=N–C) groups is 1. The predicted molar refractivity (Wildman–Crippen MR) is 143 cm³/mol. The summed E-state index contributed by atoms with van der Waals surface area (Å²) in [5.74, 6) is 0.126. The molecule has 2 aliphatic heterocycles. The molecule has 0 fully saturated rings. The Balaban J connectivity index is 1.47. The first kappa shape index (κ1) is 25.3. The molecular weight excluding hydrogens is 455 g/mol. The highest BCUT2D eigenvalue weighted by molar-refractivity contribution is 6.40. The zero-order chi connectivity index (χ0) is 26.0. The van der Waals surface area contributed by atoms with Crippen LogP contribution in [-0.4, -0.2) is 40.5 Å². The van der Waals surface area contributed by atoms with Crippen molar-refractivity contribution in [3.05, 3.63) is 76.1 Å². The number of amides is 1. The average Bonchev–Trinajstić information content (AvgIpc) is 2.80. The lowest BCUT2D eigenvalue weighted by molar-refractivity contribution is -0.440. The first-order valence-corrected chi connectivity index (χ1v) is 12.3. The maximum absolute atomic E-state index is 14.8. The Morgan fingerprint density at radius 1 is 1.11 bits per heavy atom. The lowest BCUT2D eigenvalue weighted by Crippen LogP contribution is -2.32. The van der Waals surface area contributed by atoms with Crippen LogP contribution in [0.1, 0.15) is 68.1 Å². The minimum absolute atomic E-state index is 0.242. The quantitative estimate of drug-likeness (QED) is 0.459. The van der Waals surface area contributed by atoms with Gasteiger partial charge in [0.15, 0.2) is 5.71 Å². The molecule has 1 amide bonds. The summed E-state index contributed by atoms with van der Waals surface area (Å²) in [5, 5.41) is 9.54. The maximum atomic E-state index is 14.8. The van der Waals surface area contributed by atoms with Gasteiger partial charge in [-0.2, -0.15) is 4.58 Å². The summed E-state index contributed by atoms with van der Waals surface area (Å²) >= 11 is 0. The van der Waals surface area contributed by atoms with Crippen LogP contribution < -0.4 is 16.0 Å². The predicted octanol–water partition coefficient (Wildman–Crippen LogP) is 5.33. The number of anilines is 2. The molecule has 0 spiro atoms. The van der Waals surface area contributed by atoms with Gasteiger partial charge in [0.25, 0.3) is 5.91 Å². The SMILES string of the molecule is C\C1=C2/C(=N\C=C(\NC(C)c3cc(NC(=O)c4cnc(NC(C)C)c(C)c4)ccc3F)CC1)C=[N+]2C. The Bertz CT molecular complexity index is 1320. The van der Waals surface area contributed by atoms with Crippen LogP contribution in [0.2, 0.25) is 0 Å². The molecule has 1 unspecified atom stereocenters. The number of pyridine rings is 1. The van der Waals surface area contributed by atoms with Gasteiger partial charge in [-0.15, -0.1) is 0 Å². The van der Waals surface area contributed by atoms with Crippen molar-refractivity contribution in [1.82, 2.24) is 10.3 Å². The van der Waals surface area contributed by atoms with Crippen LogP contribution in [0.5, 0.6) is 0 Å². The maximum Gasteiger partial charge on any atom is 0.257 e. The van der Waals surface area contributed by atoms with E-state index in [1.165, 1.54) is 17.3 Å². The van der Waals surface area contributed by atoms with Crippen LogP contribution in [0.3, 0.4) is 0 Å². The largest absolute Gasteiger partial charge is 0.380 e. The molecule has 2 aromatic rings. The molecule has 4 rings (SSSR count). The van der Waals surface area contributed by atoms with Gasteiger partial charge in [0.1, 0.15) is 18.7 Å². The molecule has 188 valence electrons. The zero-order valence-corrected chi connectivity index (χ0v) is 21.7. The Morgan fingerprint density at radius 2 is 1.89 bits per heavy atom. The lowest BCUT2D eigenvalue weighted by Gasteiger charge is -2.22. The van der Waals surface area contributed by atoms with Gasteiger partial charge in [-0.1, -0.05) is 0 Å². The minimum atomic E-state index is -0.334. The number of carbonyl (C=O) groups excluding carboxylic acids is 1. The Morgan fingerprint density at radius 3 is 2.58 bits per heavy atom. The van der Waals surface area contributed by atoms with Crippen LogP contribution in [0.25, 0.3) is 0 Å². The van der Waals surface area contributed by atoms with Gasteiger partial charge in [0.05, 0.1) is 11.6 Å². The molecule has 0 bridgehead atoms. The van der Waals surface area contributed by atoms with Crippen LogP contribution in [0.15, 0.2) is 58.6 Å². The third-order valence-corrected chi connectivity index (χ3v) is 6.33. The highest BCUT2D eigenvalue weighted by Crippen LogP contribution is 2.26. The number of fused-ring (bicyclic) bond motifs is 1. The number of hydrogen-bond donors (Lipinski definition) is 3. The first-order valence-electron chi connectivity index (χ1n) is 12.3. The molecule has 36 heavy (non-hydrogen) atoms. The van der Waals surface area contributed by atoms with Gasteiger partial charge in [0, 0.05) is 41.0 Å². The second kappa shape index (κ2) is 10.4. The van der Waals surface area contributed by atoms with Crippen molar-refractivity contribution < 1.29 is 13.8 Å². The Hall–Kier alpha value is -3.81. The molecule has 0 radical (unpaired) electrons. The van der Waals surface area contributed by atoms with E-state index in [0.717, 1.165) is 35.6 Å². The molecule has 1 aromatic heterocycles. The van der Waals surface area contributed by atoms with E-state index in [9.17, 15) is 9.18 Å². The third-order valence-electron chi connectivity index (χ3n) is 6.33. The van der Waals surface area contributed by atoms with Crippen molar-refractivity contribution in [2.75, 3.05) is 17.7 Å². The molecule has 3 N–H and O–H groups in total. The van der Waals surface area contributed by atoms with Crippen molar-refractivity contribution in [2.24, 2.45) is 4.99 Å². The van der Waals surface area contributed by atoms with E-state index >= 15 is 0 Å². The normalized spacial score (nSPS) is 20.9. The van der Waals surface area contributed by atoms with E-state index in [4.69, 9.17) is 0 Å². The highest BCUT2D eigenvalue weighted by atomic mass is 19.1. The minimum Gasteiger partial charge on any atom is -0.380 e. The smallest absolute Gasteiger partial charge is 0.257 e. The van der Waals surface area contributed by atoms with E-state index in [0.29, 0.717) is 16.8 Å². The van der Waals surface area contributed by atoms with Crippen LogP contribution in [0, 0.1) is 12.7 Å². The monoisotopic (exact) mass is 489 g/mol. The van der Waals surface area contributed by atoms with E-state index in [2.05, 4.69) is 37.4 Å². The summed E-state index contributed by atoms with van der Waals surface area (Å²) in [6.45, 7) is 10.0. The summed E-state index contributed by atoms with van der Waals surface area (Å²) < 4.78 is 16.9. The van der Waals surface area contributed by atoms with E-state index in [1.807, 2.05) is 47.2 Å². The standard InChI is InChI=1S/C28H33FN6O/c1-16(2)32-27-18(4)11-20(13-31-27)28(36)34-21-9-10-24(29)23(12-21)19(5)33-22-8-7-17(3)26-25(30-14-22)15-35(26)6/h9-16,19H,7-8H2,1-6H3,(H2,31,32,34,36)/p+1/b26-17-,30-14?. The van der Waals surface area contributed by atoms with Gasteiger partial charge in [-0.25, -0.2) is 14.4 Å². The molecule has 3 heterocycles. The number of aryl methyl sites for hydroxylation is 1. The van der Waals surface area contributed by atoms with Crippen LogP contribution >= 0.6 is 0 Å². The van der Waals surface area contributed by atoms with Crippen molar-refractivity contribution >= 4 is 29.3 Å². The van der Waals surface area contributed by atoms with Crippen LogP contribution in [-0.2, 0) is 0 Å². The lowest BCUT2D eigenvalue weighted by atomic mass is 10.00. The van der Waals surface area contributed by atoms with Crippen molar-refractivity contribution in [3.63, 3.8) is 0 Å². The van der Waals surface area contributed by atoms with Crippen molar-refractivity contribution in [2.45, 2.75) is 59.5 Å². The molecule has 0 aliphatic carbocycles. The molecule has 1 aromatic carbocycles. The molecular formula is C28H34FN6O+. The number of carbonyl (C=O) groups is 1. The molecule has 8 heteroatoms. The fraction of sp³-hybridized carbons (Fsp3) is 0.357. The molecule has 1 atom stereocenters. The summed E-state index contributed by atoms with van der Waals surface area (Å²) in [6.07, 6.45) is 7.06. The van der Waals surface area contributed by atoms with Gasteiger partial charge in [-0.05, 0) is 77.3 Å². The van der Waals surface area contributed by atoms with Gasteiger partial charge >= 0.3 is 0 Å². The number of nitrogens with one attached hydrogen (secondary N) is 3. The number of nitrogens with zero attached hydrogens (tertiary/aromatic N) is 3. The number of halogens is 1. The molecule has 0 saturated heterocycles. The molecule has 2 aliphatic rings. The molecule has 7 nitrogen and oxygen atoms in total. The number of rotatable bonds is 7. The van der Waals surface area contributed by atoms with E-state index in [1.54, 1.807) is 24.4 Å². The van der Waals surface area contributed by atoms with E-state index < -0.39 is 0 Å². The Labute approximate surface area is 211 Å². The fourth-order valence-corrected chi connectivity index (χ4v) is 4.44. The number of hydrogen-bond acceptors (Lipinski definition) is 5. The fourth-order valence-electron chi connectivity index (χ4n) is 4.44. The first-order chi connectivity index (χ1) is 17.1. The third kappa shape index (κ3) is 5.53. The average molecular weight is 490 g/mol. The summed E-state index contributed by atoms with van der Waals surface area (Å²) in [7, 11) is 2.02. The number of aromatic nitrogens is 1. The second-order valence-electron chi connectivity index (χ2n) is 9.78. The Kier molecular flexibility index (Phi) is 7.33. The second-order valence-corrected chi connectivity index (χ2v) is 9.78. The van der Waals surface area contributed by atoms with Crippen LogP contribution in [0.4, 0.5) is 15.9 Å². The van der Waals surface area contributed by atoms with Crippen molar-refractivity contribution in [1.29, 1.82) is 0 Å². The topological polar surface area (TPSA) is 81.4 Å². The van der Waals surface area contributed by atoms with E-state index in [-0.39, 0.29) is 23.8 Å². The highest BCUT2D eigenvalue weighted by Gasteiger charge is 2.31. The van der Waals surface area contributed by atoms with Crippen molar-refractivity contribution in [3.8, 4) is 0 Å². The number of allylic oxidation sites excluding steroid dienone is 3. The summed E-state index contributed by atoms with van der Waals surface area (Å²) in [6, 6.07) is 6.35. The molecule has 0 saturated carbocycles. The summed E-state index contributed by atoms with van der Waals surface area (Å²) in [5.41, 5.74) is 6.70. The summed E-state index contributed by atoms with van der Waals surface area (Å²) in [4.78, 5) is 21.8. The number of benzene rings is 1. The van der Waals surface area contributed by atoms with Gasteiger partial charge in [-0.3, -0.25) is 4.79 Å².